The second-order valence-electron chi connectivity index (χ2n) is 3.73. The van der Waals surface area contributed by atoms with Gasteiger partial charge in [0.2, 0.25) is 0 Å². The van der Waals surface area contributed by atoms with Gasteiger partial charge in [0.15, 0.2) is 5.82 Å². The highest BCUT2D eigenvalue weighted by atomic mass is 15.3. The Morgan fingerprint density at radius 3 is 2.77 bits per heavy atom. The third-order valence-corrected chi connectivity index (χ3v) is 2.58. The van der Waals surface area contributed by atoms with Crippen LogP contribution in [0.5, 0.6) is 0 Å². The fraction of sp³-hybridized carbons (Fsp3) is 0.778. The van der Waals surface area contributed by atoms with E-state index in [1.165, 1.54) is 12.8 Å². The highest BCUT2D eigenvalue weighted by Gasteiger charge is 2.32. The quantitative estimate of drug-likeness (QED) is 0.748. The van der Waals surface area contributed by atoms with Crippen LogP contribution in [0.3, 0.4) is 0 Å². The van der Waals surface area contributed by atoms with Crippen LogP contribution in [0.15, 0.2) is 0 Å². The first-order valence-corrected chi connectivity index (χ1v) is 4.87. The van der Waals surface area contributed by atoms with Crippen LogP contribution < -0.4 is 5.73 Å². The van der Waals surface area contributed by atoms with Crippen LogP contribution in [0.2, 0.25) is 0 Å². The zero-order chi connectivity index (χ0) is 9.42. The van der Waals surface area contributed by atoms with E-state index in [4.69, 9.17) is 5.73 Å². The van der Waals surface area contributed by atoms with Crippen molar-refractivity contribution in [1.29, 1.82) is 0 Å². The first-order chi connectivity index (χ1) is 6.22. The summed E-state index contributed by atoms with van der Waals surface area (Å²) < 4.78 is 1.82. The maximum Gasteiger partial charge on any atom is 0.150 e. The predicted octanol–water partition coefficient (Wildman–Crippen LogP) is 0.787. The van der Waals surface area contributed by atoms with E-state index in [0.717, 1.165) is 18.1 Å². The van der Waals surface area contributed by atoms with Crippen LogP contribution in [-0.2, 0) is 13.5 Å². The van der Waals surface area contributed by atoms with Crippen molar-refractivity contribution in [2.75, 3.05) is 0 Å². The Labute approximate surface area is 78.1 Å². The van der Waals surface area contributed by atoms with Gasteiger partial charge in [0.25, 0.3) is 0 Å². The Hall–Kier alpha value is -0.900. The van der Waals surface area contributed by atoms with Crippen LogP contribution in [0.25, 0.3) is 0 Å². The van der Waals surface area contributed by atoms with Gasteiger partial charge in [-0.1, -0.05) is 6.92 Å². The van der Waals surface area contributed by atoms with Gasteiger partial charge in [0.1, 0.15) is 5.82 Å². The first-order valence-electron chi connectivity index (χ1n) is 4.87. The summed E-state index contributed by atoms with van der Waals surface area (Å²) in [4.78, 5) is 4.42. The van der Waals surface area contributed by atoms with Gasteiger partial charge in [0.05, 0.1) is 6.04 Å². The van der Waals surface area contributed by atoms with Gasteiger partial charge in [-0.15, -0.1) is 0 Å². The lowest BCUT2D eigenvalue weighted by atomic mass is 10.2. The number of nitrogens with zero attached hydrogens (tertiary/aromatic N) is 3. The molecule has 4 nitrogen and oxygen atoms in total. The van der Waals surface area contributed by atoms with Crippen molar-refractivity contribution in [2.24, 2.45) is 18.7 Å². The molecule has 0 aromatic carbocycles. The molecule has 1 fully saturated rings. The lowest BCUT2D eigenvalue weighted by Gasteiger charge is -2.07. The van der Waals surface area contributed by atoms with Crippen molar-refractivity contribution < 1.29 is 0 Å². The molecule has 4 heteroatoms. The van der Waals surface area contributed by atoms with E-state index in [9.17, 15) is 0 Å². The molecule has 72 valence electrons. The molecule has 1 aliphatic carbocycles. The van der Waals surface area contributed by atoms with E-state index in [1.807, 2.05) is 11.7 Å². The molecule has 2 rings (SSSR count). The number of nitrogens with two attached hydrogens (primary N) is 1. The number of aryl methyl sites for hydroxylation is 2. The molecule has 0 radical (unpaired) electrons. The van der Waals surface area contributed by atoms with E-state index in [2.05, 4.69) is 17.0 Å². The smallest absolute Gasteiger partial charge is 0.150 e. The first kappa shape index (κ1) is 8.69. The molecule has 0 spiro atoms. The van der Waals surface area contributed by atoms with Crippen LogP contribution in [0.1, 0.15) is 37.5 Å². The second-order valence-corrected chi connectivity index (χ2v) is 3.73. The lowest BCUT2D eigenvalue weighted by molar-refractivity contribution is 0.551. The highest BCUT2D eigenvalue weighted by molar-refractivity contribution is 5.03. The summed E-state index contributed by atoms with van der Waals surface area (Å²) in [6.07, 6.45) is 3.37. The summed E-state index contributed by atoms with van der Waals surface area (Å²) in [5.74, 6) is 2.49. The van der Waals surface area contributed by atoms with E-state index in [0.29, 0.717) is 5.92 Å². The van der Waals surface area contributed by atoms with Crippen LogP contribution >= 0.6 is 0 Å². The largest absolute Gasteiger partial charge is 0.321 e. The summed E-state index contributed by atoms with van der Waals surface area (Å²) in [7, 11) is 1.92. The molecule has 1 aliphatic rings. The summed E-state index contributed by atoms with van der Waals surface area (Å²) in [5.41, 5.74) is 6.05. The van der Waals surface area contributed by atoms with Gasteiger partial charge >= 0.3 is 0 Å². The molecule has 2 N–H and O–H groups in total. The molecule has 1 aromatic rings. The molecule has 0 saturated heterocycles. The van der Waals surface area contributed by atoms with Gasteiger partial charge < -0.3 is 5.73 Å². The van der Waals surface area contributed by atoms with Crippen LogP contribution in [-0.4, -0.2) is 14.8 Å². The zero-order valence-electron chi connectivity index (χ0n) is 8.20. The number of hydrogen-bond donors (Lipinski definition) is 1. The van der Waals surface area contributed by atoms with E-state index in [1.54, 1.807) is 0 Å². The standard InChI is InChI=1S/C9H16N4/c1-3-7-11-9(13(2)12-7)8(10)6-4-5-6/h6,8H,3-5,10H2,1-2H3. The number of rotatable bonds is 3. The third-order valence-electron chi connectivity index (χ3n) is 2.58. The van der Waals surface area contributed by atoms with Crippen molar-refractivity contribution in [3.8, 4) is 0 Å². The van der Waals surface area contributed by atoms with Gasteiger partial charge in [-0.3, -0.25) is 4.68 Å². The molecule has 0 amide bonds. The lowest BCUT2D eigenvalue weighted by Crippen LogP contribution is -2.17. The highest BCUT2D eigenvalue weighted by Crippen LogP contribution is 2.38. The number of hydrogen-bond acceptors (Lipinski definition) is 3. The number of aromatic nitrogens is 3. The molecule has 0 aliphatic heterocycles. The Morgan fingerprint density at radius 1 is 1.62 bits per heavy atom. The molecule has 1 saturated carbocycles. The van der Waals surface area contributed by atoms with Crippen molar-refractivity contribution in [1.82, 2.24) is 14.8 Å². The van der Waals surface area contributed by atoms with E-state index >= 15 is 0 Å². The summed E-state index contributed by atoms with van der Waals surface area (Å²) in [5, 5.41) is 4.29. The molecule has 1 unspecified atom stereocenters. The maximum absolute atomic E-state index is 6.05. The minimum atomic E-state index is 0.0952. The second kappa shape index (κ2) is 3.10. The monoisotopic (exact) mass is 180 g/mol. The summed E-state index contributed by atoms with van der Waals surface area (Å²) >= 11 is 0. The SMILES string of the molecule is CCc1nc(C(N)C2CC2)n(C)n1. The molecular weight excluding hydrogens is 164 g/mol. The van der Waals surface area contributed by atoms with E-state index in [-0.39, 0.29) is 6.04 Å². The van der Waals surface area contributed by atoms with Crippen molar-refractivity contribution in [3.63, 3.8) is 0 Å². The average molecular weight is 180 g/mol. The Kier molecular flexibility index (Phi) is 2.07. The van der Waals surface area contributed by atoms with Crippen LogP contribution in [0, 0.1) is 5.92 Å². The zero-order valence-corrected chi connectivity index (χ0v) is 8.20. The van der Waals surface area contributed by atoms with Gasteiger partial charge in [-0.05, 0) is 18.8 Å². The van der Waals surface area contributed by atoms with Crippen LogP contribution in [0.4, 0.5) is 0 Å². The molecular formula is C9H16N4. The maximum atomic E-state index is 6.05. The van der Waals surface area contributed by atoms with Crippen molar-refractivity contribution in [2.45, 2.75) is 32.2 Å². The van der Waals surface area contributed by atoms with Gasteiger partial charge in [-0.2, -0.15) is 5.10 Å². The molecule has 13 heavy (non-hydrogen) atoms. The molecule has 0 bridgehead atoms. The minimum Gasteiger partial charge on any atom is -0.321 e. The minimum absolute atomic E-state index is 0.0952. The molecule has 1 aromatic heterocycles. The van der Waals surface area contributed by atoms with Crippen molar-refractivity contribution in [3.05, 3.63) is 11.6 Å². The summed E-state index contributed by atoms with van der Waals surface area (Å²) in [6.45, 7) is 2.06. The average Bonchev–Trinajstić information content (AvgIpc) is 2.89. The fourth-order valence-electron chi connectivity index (χ4n) is 1.56. The molecule has 1 atom stereocenters. The topological polar surface area (TPSA) is 56.7 Å². The van der Waals surface area contributed by atoms with Gasteiger partial charge in [0, 0.05) is 13.5 Å². The van der Waals surface area contributed by atoms with Crippen molar-refractivity contribution >= 4 is 0 Å². The van der Waals surface area contributed by atoms with E-state index < -0.39 is 0 Å². The predicted molar refractivity (Wildman–Crippen MR) is 50.0 cm³/mol. The Morgan fingerprint density at radius 2 is 2.31 bits per heavy atom. The summed E-state index contributed by atoms with van der Waals surface area (Å²) in [6, 6.07) is 0.0952. The normalized spacial score (nSPS) is 19.0. The Balaban J connectivity index is 2.22. The van der Waals surface area contributed by atoms with Gasteiger partial charge in [-0.25, -0.2) is 4.98 Å². The fourth-order valence-corrected chi connectivity index (χ4v) is 1.56. The third kappa shape index (κ3) is 1.58. The molecule has 1 heterocycles. The Bertz CT molecular complexity index is 301.